The minimum atomic E-state index is -1.55. The highest BCUT2D eigenvalue weighted by Gasteiger charge is 2.81. The first-order valence-electron chi connectivity index (χ1n) is 5.57. The van der Waals surface area contributed by atoms with Crippen molar-refractivity contribution in [2.45, 2.75) is 20.9 Å². The van der Waals surface area contributed by atoms with Crippen LogP contribution in [0.15, 0.2) is 0 Å². The number of ether oxygens (including phenoxy) is 4. The molecule has 1 aliphatic heterocycles. The molecule has 0 bridgehead atoms. The van der Waals surface area contributed by atoms with Crippen LogP contribution in [0.1, 0.15) is 6.42 Å². The molecular formula is C11H14Br2O6. The summed E-state index contributed by atoms with van der Waals surface area (Å²) in [5, 5.41) is 0. The number of halogens is 2. The molecule has 0 aromatic rings. The van der Waals surface area contributed by atoms with Crippen LogP contribution in [-0.4, -0.2) is 54.3 Å². The molecule has 0 amide bonds. The van der Waals surface area contributed by atoms with Crippen molar-refractivity contribution in [3.8, 4) is 0 Å². The fourth-order valence-electron chi connectivity index (χ4n) is 3.01. The molecule has 2 aliphatic rings. The number of methoxy groups -OCH3 is 3. The Morgan fingerprint density at radius 3 is 2.37 bits per heavy atom. The summed E-state index contributed by atoms with van der Waals surface area (Å²) in [6, 6.07) is 0. The molecule has 0 unspecified atom stereocenters. The molecule has 3 atom stereocenters. The second-order valence-corrected chi connectivity index (χ2v) is 7.13. The van der Waals surface area contributed by atoms with Gasteiger partial charge in [0.05, 0.1) is 13.7 Å². The predicted octanol–water partition coefficient (Wildman–Crippen LogP) is 0.993. The predicted molar refractivity (Wildman–Crippen MR) is 71.1 cm³/mol. The van der Waals surface area contributed by atoms with E-state index in [1.165, 1.54) is 21.3 Å². The zero-order chi connectivity index (χ0) is 14.5. The minimum absolute atomic E-state index is 0.197. The summed E-state index contributed by atoms with van der Waals surface area (Å²) in [5.74, 6) is -2.88. The maximum atomic E-state index is 12.1. The van der Waals surface area contributed by atoms with Gasteiger partial charge in [-0.2, -0.15) is 0 Å². The van der Waals surface area contributed by atoms with Gasteiger partial charge in [-0.25, -0.2) is 0 Å². The summed E-state index contributed by atoms with van der Waals surface area (Å²) in [6.45, 7) is 0.197. The van der Waals surface area contributed by atoms with Crippen molar-refractivity contribution in [3.63, 3.8) is 0 Å². The molecule has 2 rings (SSSR count). The van der Waals surface area contributed by atoms with E-state index >= 15 is 0 Å². The Kier molecular flexibility index (Phi) is 3.75. The first-order valence-corrected chi connectivity index (χ1v) is 7.16. The Morgan fingerprint density at radius 1 is 1.32 bits per heavy atom. The lowest BCUT2D eigenvalue weighted by atomic mass is 9.93. The molecule has 2 fully saturated rings. The summed E-state index contributed by atoms with van der Waals surface area (Å²) in [6.07, 6.45) is 0.290. The largest absolute Gasteiger partial charge is 0.468 e. The van der Waals surface area contributed by atoms with E-state index in [9.17, 15) is 9.59 Å². The number of cyclic esters (lactones) is 1. The van der Waals surface area contributed by atoms with Gasteiger partial charge in [0, 0.05) is 20.1 Å². The molecule has 19 heavy (non-hydrogen) atoms. The van der Waals surface area contributed by atoms with Crippen LogP contribution in [-0.2, 0) is 28.5 Å². The lowest BCUT2D eigenvalue weighted by Gasteiger charge is -2.43. The monoisotopic (exact) mass is 400 g/mol. The highest BCUT2D eigenvalue weighted by molar-refractivity contribution is 9.11. The number of carbonyl (C=O) groups excluding carboxylic acids is 2. The molecule has 1 saturated heterocycles. The molecule has 0 spiro atoms. The lowest BCUT2D eigenvalue weighted by Crippen LogP contribution is -2.65. The van der Waals surface area contributed by atoms with E-state index in [-0.39, 0.29) is 12.5 Å². The normalized spacial score (nSPS) is 39.8. The SMILES string of the molecule is COC(=O)[C@]1(Br)C[C@@H]2COC(=O)[C@]2(Br)C1(OC)OC. The van der Waals surface area contributed by atoms with Crippen LogP contribution in [0.25, 0.3) is 0 Å². The van der Waals surface area contributed by atoms with Crippen LogP contribution in [0, 0.1) is 5.92 Å². The zero-order valence-corrected chi connectivity index (χ0v) is 13.9. The smallest absolute Gasteiger partial charge is 0.329 e. The molecule has 8 heteroatoms. The molecule has 0 N–H and O–H groups in total. The van der Waals surface area contributed by atoms with Crippen molar-refractivity contribution >= 4 is 43.8 Å². The van der Waals surface area contributed by atoms with E-state index in [0.29, 0.717) is 6.42 Å². The number of hydrogen-bond acceptors (Lipinski definition) is 6. The molecular weight excluding hydrogens is 388 g/mol. The van der Waals surface area contributed by atoms with Gasteiger partial charge in [-0.15, -0.1) is 0 Å². The molecule has 0 aromatic carbocycles. The van der Waals surface area contributed by atoms with Crippen molar-refractivity contribution < 1.29 is 28.5 Å². The highest BCUT2D eigenvalue weighted by atomic mass is 79.9. The van der Waals surface area contributed by atoms with Gasteiger partial charge in [-0.05, 0) is 6.42 Å². The van der Waals surface area contributed by atoms with Gasteiger partial charge in [0.25, 0.3) is 0 Å². The van der Waals surface area contributed by atoms with Gasteiger partial charge in [-0.1, -0.05) is 31.9 Å². The number of fused-ring (bicyclic) bond motifs is 1. The fourth-order valence-corrected chi connectivity index (χ4v) is 5.54. The van der Waals surface area contributed by atoms with Crippen LogP contribution in [0.5, 0.6) is 0 Å². The molecule has 0 aromatic heterocycles. The van der Waals surface area contributed by atoms with Crippen molar-refractivity contribution in [3.05, 3.63) is 0 Å². The molecule has 6 nitrogen and oxygen atoms in total. The number of esters is 2. The van der Waals surface area contributed by atoms with Gasteiger partial charge < -0.3 is 18.9 Å². The Labute approximate surface area is 127 Å². The summed E-state index contributed by atoms with van der Waals surface area (Å²) < 4.78 is 18.3. The Bertz CT molecular complexity index is 423. The zero-order valence-electron chi connectivity index (χ0n) is 10.7. The third kappa shape index (κ3) is 1.54. The second kappa shape index (κ2) is 4.68. The number of hydrogen-bond donors (Lipinski definition) is 0. The van der Waals surface area contributed by atoms with Crippen LogP contribution in [0.3, 0.4) is 0 Å². The van der Waals surface area contributed by atoms with Crippen molar-refractivity contribution in [2.75, 3.05) is 27.9 Å². The highest BCUT2D eigenvalue weighted by Crippen LogP contribution is 2.63. The summed E-state index contributed by atoms with van der Waals surface area (Å²) in [7, 11) is 4.02. The number of rotatable bonds is 3. The average molecular weight is 402 g/mol. The Balaban J connectivity index is 2.62. The van der Waals surface area contributed by atoms with Crippen LogP contribution < -0.4 is 0 Å². The Morgan fingerprint density at radius 2 is 1.89 bits per heavy atom. The quantitative estimate of drug-likeness (QED) is 0.399. The van der Waals surface area contributed by atoms with Gasteiger partial charge >= 0.3 is 11.9 Å². The van der Waals surface area contributed by atoms with Crippen molar-refractivity contribution in [1.29, 1.82) is 0 Å². The molecule has 1 saturated carbocycles. The minimum Gasteiger partial charge on any atom is -0.468 e. The lowest BCUT2D eigenvalue weighted by molar-refractivity contribution is -0.233. The maximum Gasteiger partial charge on any atom is 0.329 e. The van der Waals surface area contributed by atoms with Crippen LogP contribution in [0.4, 0.5) is 0 Å². The van der Waals surface area contributed by atoms with Crippen molar-refractivity contribution in [1.82, 2.24) is 0 Å². The van der Waals surface area contributed by atoms with E-state index in [2.05, 4.69) is 31.9 Å². The first kappa shape index (κ1) is 15.2. The topological polar surface area (TPSA) is 71.1 Å². The summed E-state index contributed by atoms with van der Waals surface area (Å²) in [4.78, 5) is 24.3. The standard InChI is InChI=1S/C11H14Br2O6/c1-16-7(14)9(12)4-6-5-19-8(15)10(6,13)11(9,17-2)18-3/h6H,4-5H2,1-3H3/t6-,9-,10+/m1/s1. The van der Waals surface area contributed by atoms with Crippen LogP contribution in [0.2, 0.25) is 0 Å². The molecule has 108 valence electrons. The third-order valence-corrected chi connectivity index (χ3v) is 6.55. The van der Waals surface area contributed by atoms with E-state index in [4.69, 9.17) is 18.9 Å². The van der Waals surface area contributed by atoms with E-state index in [1.54, 1.807) is 0 Å². The van der Waals surface area contributed by atoms with E-state index in [0.717, 1.165) is 0 Å². The number of alkyl halides is 2. The molecule has 1 heterocycles. The third-order valence-electron chi connectivity index (χ3n) is 3.89. The molecule has 0 radical (unpaired) electrons. The first-order chi connectivity index (χ1) is 8.84. The van der Waals surface area contributed by atoms with Crippen LogP contribution >= 0.6 is 31.9 Å². The van der Waals surface area contributed by atoms with Gasteiger partial charge in [-0.3, -0.25) is 9.59 Å². The van der Waals surface area contributed by atoms with E-state index < -0.39 is 26.4 Å². The molecule has 1 aliphatic carbocycles. The summed E-state index contributed by atoms with van der Waals surface area (Å²) >= 11 is 6.76. The van der Waals surface area contributed by atoms with E-state index in [1.807, 2.05) is 0 Å². The second-order valence-electron chi connectivity index (χ2n) is 4.53. The van der Waals surface area contributed by atoms with Crippen molar-refractivity contribution in [2.24, 2.45) is 5.92 Å². The van der Waals surface area contributed by atoms with Gasteiger partial charge in [0.15, 0.2) is 8.65 Å². The average Bonchev–Trinajstić information content (AvgIpc) is 2.79. The maximum absolute atomic E-state index is 12.1. The number of carbonyl (C=O) groups is 2. The fraction of sp³-hybridized carbons (Fsp3) is 0.818. The summed E-state index contributed by atoms with van der Waals surface area (Å²) in [5.41, 5.74) is 0. The van der Waals surface area contributed by atoms with Gasteiger partial charge in [0.2, 0.25) is 5.79 Å². The van der Waals surface area contributed by atoms with Gasteiger partial charge in [0.1, 0.15) is 0 Å². The Hall–Kier alpha value is -0.180.